The molecule has 2 aliphatic heterocycles. The summed E-state index contributed by atoms with van der Waals surface area (Å²) in [6, 6.07) is 5.94. The Morgan fingerprint density at radius 1 is 1.26 bits per heavy atom. The Balaban J connectivity index is 1.74. The molecule has 7 nitrogen and oxygen atoms in total. The second kappa shape index (κ2) is 4.20. The average Bonchev–Trinajstić information content (AvgIpc) is 3.18. The van der Waals surface area contributed by atoms with Crippen molar-refractivity contribution in [3.8, 4) is 17.2 Å². The maximum Gasteiger partial charge on any atom is 0.231 e. The lowest BCUT2D eigenvalue weighted by Gasteiger charge is -2.10. The summed E-state index contributed by atoms with van der Waals surface area (Å²) in [5.74, 6) is 2.34. The molecule has 0 spiro atoms. The molecule has 1 saturated heterocycles. The first kappa shape index (κ1) is 10.7. The highest BCUT2D eigenvalue weighted by atomic mass is 16.7. The minimum absolute atomic E-state index is 0.223. The summed E-state index contributed by atoms with van der Waals surface area (Å²) in [5, 5.41) is 15.4. The van der Waals surface area contributed by atoms with Crippen LogP contribution in [0.1, 0.15) is 24.7 Å². The molecule has 0 bridgehead atoms. The van der Waals surface area contributed by atoms with Gasteiger partial charge in [-0.1, -0.05) is 0 Å². The predicted octanol–water partition coefficient (Wildman–Crippen LogP) is 0.815. The predicted molar refractivity (Wildman–Crippen MR) is 65.3 cm³/mol. The summed E-state index contributed by atoms with van der Waals surface area (Å²) in [7, 11) is 0. The molecular formula is C12H13N5O2. The second-order valence-corrected chi connectivity index (χ2v) is 4.64. The van der Waals surface area contributed by atoms with E-state index in [1.54, 1.807) is 4.68 Å². The van der Waals surface area contributed by atoms with E-state index in [9.17, 15) is 0 Å². The van der Waals surface area contributed by atoms with Crippen molar-refractivity contribution >= 4 is 0 Å². The van der Waals surface area contributed by atoms with Gasteiger partial charge < -0.3 is 14.8 Å². The van der Waals surface area contributed by atoms with Crippen molar-refractivity contribution in [3.63, 3.8) is 0 Å². The molecule has 2 aliphatic rings. The summed E-state index contributed by atoms with van der Waals surface area (Å²) in [4.78, 5) is 0. The lowest BCUT2D eigenvalue weighted by molar-refractivity contribution is 0.174. The van der Waals surface area contributed by atoms with Crippen LogP contribution in [0.5, 0.6) is 11.5 Å². The van der Waals surface area contributed by atoms with Gasteiger partial charge in [0.25, 0.3) is 0 Å². The van der Waals surface area contributed by atoms with Crippen LogP contribution < -0.4 is 14.8 Å². The van der Waals surface area contributed by atoms with E-state index in [0.717, 1.165) is 42.4 Å². The third-order valence-corrected chi connectivity index (χ3v) is 3.47. The maximum atomic E-state index is 5.38. The number of nitrogens with zero attached hydrogens (tertiary/aromatic N) is 4. The lowest BCUT2D eigenvalue weighted by Crippen LogP contribution is -2.18. The topological polar surface area (TPSA) is 74.1 Å². The standard InChI is InChI=1S/C12H13N5O2/c1-2-9(13-5-1)12-14-15-16-17(12)8-3-4-10-11(6-8)19-7-18-10/h3-4,6,9,13H,1-2,5,7H2. The van der Waals surface area contributed by atoms with Crippen LogP contribution in [0, 0.1) is 0 Å². The number of rotatable bonds is 2. The molecule has 1 aromatic heterocycles. The number of hydrogen-bond donors (Lipinski definition) is 1. The molecule has 19 heavy (non-hydrogen) atoms. The van der Waals surface area contributed by atoms with Gasteiger partial charge in [0.2, 0.25) is 6.79 Å². The summed E-state index contributed by atoms with van der Waals surface area (Å²) < 4.78 is 12.4. The molecule has 0 aliphatic carbocycles. The molecule has 1 aromatic carbocycles. The molecule has 98 valence electrons. The molecule has 2 aromatic rings. The molecule has 0 saturated carbocycles. The number of ether oxygens (including phenoxy) is 2. The van der Waals surface area contributed by atoms with Gasteiger partial charge in [-0.2, -0.15) is 4.68 Å². The Bertz CT molecular complexity index is 606. The van der Waals surface area contributed by atoms with Crippen molar-refractivity contribution in [1.29, 1.82) is 0 Å². The first-order valence-corrected chi connectivity index (χ1v) is 6.33. The van der Waals surface area contributed by atoms with Crippen LogP contribution in [0.4, 0.5) is 0 Å². The molecular weight excluding hydrogens is 246 g/mol. The zero-order chi connectivity index (χ0) is 12.7. The normalized spacial score (nSPS) is 20.9. The number of aromatic nitrogens is 4. The molecule has 1 fully saturated rings. The van der Waals surface area contributed by atoms with Gasteiger partial charge in [-0.3, -0.25) is 0 Å². The van der Waals surface area contributed by atoms with Gasteiger partial charge in [-0.15, -0.1) is 5.10 Å². The van der Waals surface area contributed by atoms with Gasteiger partial charge in [0, 0.05) is 6.07 Å². The molecule has 1 unspecified atom stereocenters. The monoisotopic (exact) mass is 259 g/mol. The number of benzene rings is 1. The summed E-state index contributed by atoms with van der Waals surface area (Å²) >= 11 is 0. The van der Waals surface area contributed by atoms with Crippen molar-refractivity contribution < 1.29 is 9.47 Å². The van der Waals surface area contributed by atoms with E-state index in [1.165, 1.54) is 0 Å². The molecule has 1 N–H and O–H groups in total. The fourth-order valence-electron chi connectivity index (χ4n) is 2.52. The quantitative estimate of drug-likeness (QED) is 0.860. The van der Waals surface area contributed by atoms with Crippen molar-refractivity contribution in [2.24, 2.45) is 0 Å². The van der Waals surface area contributed by atoms with Crippen molar-refractivity contribution in [2.75, 3.05) is 13.3 Å². The third kappa shape index (κ3) is 1.74. The van der Waals surface area contributed by atoms with E-state index in [1.807, 2.05) is 18.2 Å². The first-order valence-electron chi connectivity index (χ1n) is 6.33. The van der Waals surface area contributed by atoms with Crippen LogP contribution in [0.25, 0.3) is 5.69 Å². The minimum atomic E-state index is 0.223. The van der Waals surface area contributed by atoms with Crippen LogP contribution in [-0.2, 0) is 0 Å². The van der Waals surface area contributed by atoms with Gasteiger partial charge in [-0.25, -0.2) is 0 Å². The number of nitrogens with one attached hydrogen (secondary N) is 1. The molecule has 0 radical (unpaired) electrons. The zero-order valence-electron chi connectivity index (χ0n) is 10.2. The highest BCUT2D eigenvalue weighted by Gasteiger charge is 2.24. The largest absolute Gasteiger partial charge is 0.454 e. The molecule has 7 heteroatoms. The van der Waals surface area contributed by atoms with E-state index in [2.05, 4.69) is 20.8 Å². The lowest BCUT2D eigenvalue weighted by atomic mass is 10.2. The summed E-state index contributed by atoms with van der Waals surface area (Å²) in [5.41, 5.74) is 0.887. The van der Waals surface area contributed by atoms with Crippen molar-refractivity contribution in [3.05, 3.63) is 24.0 Å². The molecule has 4 rings (SSSR count). The minimum Gasteiger partial charge on any atom is -0.454 e. The van der Waals surface area contributed by atoms with Gasteiger partial charge in [0.1, 0.15) is 0 Å². The van der Waals surface area contributed by atoms with E-state index >= 15 is 0 Å². The fraction of sp³-hybridized carbons (Fsp3) is 0.417. The molecule has 3 heterocycles. The van der Waals surface area contributed by atoms with E-state index in [0.29, 0.717) is 0 Å². The van der Waals surface area contributed by atoms with E-state index in [4.69, 9.17) is 9.47 Å². The summed E-state index contributed by atoms with van der Waals surface area (Å²) in [6.45, 7) is 1.28. The van der Waals surface area contributed by atoms with Crippen LogP contribution in [0.3, 0.4) is 0 Å². The number of hydrogen-bond acceptors (Lipinski definition) is 6. The Kier molecular flexibility index (Phi) is 2.37. The Labute approximate surface area is 109 Å². The third-order valence-electron chi connectivity index (χ3n) is 3.47. The van der Waals surface area contributed by atoms with Crippen LogP contribution >= 0.6 is 0 Å². The Morgan fingerprint density at radius 2 is 2.21 bits per heavy atom. The number of tetrazole rings is 1. The van der Waals surface area contributed by atoms with Crippen molar-refractivity contribution in [1.82, 2.24) is 25.5 Å². The highest BCUT2D eigenvalue weighted by molar-refractivity contribution is 5.49. The second-order valence-electron chi connectivity index (χ2n) is 4.64. The van der Waals surface area contributed by atoms with Crippen LogP contribution in [0.2, 0.25) is 0 Å². The van der Waals surface area contributed by atoms with Crippen molar-refractivity contribution in [2.45, 2.75) is 18.9 Å². The van der Waals surface area contributed by atoms with Crippen LogP contribution in [0.15, 0.2) is 18.2 Å². The summed E-state index contributed by atoms with van der Waals surface area (Å²) in [6.07, 6.45) is 2.21. The highest BCUT2D eigenvalue weighted by Crippen LogP contribution is 2.34. The molecule has 0 amide bonds. The van der Waals surface area contributed by atoms with Gasteiger partial charge in [0.15, 0.2) is 17.3 Å². The fourth-order valence-corrected chi connectivity index (χ4v) is 2.52. The van der Waals surface area contributed by atoms with Crippen LogP contribution in [-0.4, -0.2) is 33.5 Å². The first-order chi connectivity index (χ1) is 9.42. The average molecular weight is 259 g/mol. The zero-order valence-corrected chi connectivity index (χ0v) is 10.2. The van der Waals surface area contributed by atoms with Gasteiger partial charge in [-0.05, 0) is 41.9 Å². The van der Waals surface area contributed by atoms with E-state index in [-0.39, 0.29) is 12.8 Å². The number of fused-ring (bicyclic) bond motifs is 1. The Hall–Kier alpha value is -2.15. The smallest absolute Gasteiger partial charge is 0.231 e. The Morgan fingerprint density at radius 3 is 3.11 bits per heavy atom. The van der Waals surface area contributed by atoms with Gasteiger partial charge >= 0.3 is 0 Å². The maximum absolute atomic E-state index is 5.38. The molecule has 1 atom stereocenters. The SMILES string of the molecule is c1cc2c(cc1-n1nnnc1C1CCCN1)OCO2. The van der Waals surface area contributed by atoms with Gasteiger partial charge in [0.05, 0.1) is 11.7 Å². The van der Waals surface area contributed by atoms with E-state index < -0.39 is 0 Å².